The highest BCUT2D eigenvalue weighted by molar-refractivity contribution is 9.10. The highest BCUT2D eigenvalue weighted by Gasteiger charge is 2.16. The molecule has 1 aliphatic heterocycles. The lowest BCUT2D eigenvalue weighted by molar-refractivity contribution is -0.123. The van der Waals surface area contributed by atoms with Crippen LogP contribution in [0.15, 0.2) is 53.0 Å². The lowest BCUT2D eigenvalue weighted by atomic mass is 9.98. The quantitative estimate of drug-likeness (QED) is 0.705. The maximum atomic E-state index is 12.2. The molecule has 1 atom stereocenters. The van der Waals surface area contributed by atoms with E-state index >= 15 is 0 Å². The summed E-state index contributed by atoms with van der Waals surface area (Å²) in [5.74, 6) is 1.39. The number of hydrogen-bond donors (Lipinski definition) is 1. The van der Waals surface area contributed by atoms with E-state index in [0.717, 1.165) is 29.0 Å². The predicted octanol–water partition coefficient (Wildman–Crippen LogP) is 4.94. The van der Waals surface area contributed by atoms with Crippen molar-refractivity contribution in [2.24, 2.45) is 5.92 Å². The predicted molar refractivity (Wildman–Crippen MR) is 113 cm³/mol. The summed E-state index contributed by atoms with van der Waals surface area (Å²) in [6.45, 7) is 6.58. The van der Waals surface area contributed by atoms with Gasteiger partial charge in [-0.1, -0.05) is 35.0 Å². The second-order valence-electron chi connectivity index (χ2n) is 7.29. The van der Waals surface area contributed by atoms with Gasteiger partial charge in [0.1, 0.15) is 5.75 Å². The third kappa shape index (κ3) is 5.73. The van der Waals surface area contributed by atoms with Crippen molar-refractivity contribution in [2.45, 2.75) is 32.7 Å². The number of carbonyl (C=O) groups excluding carboxylic acids is 1. The van der Waals surface area contributed by atoms with Gasteiger partial charge in [-0.15, -0.1) is 0 Å². The molecule has 1 N–H and O–H groups in total. The van der Waals surface area contributed by atoms with Crippen molar-refractivity contribution in [3.05, 3.63) is 58.6 Å². The fourth-order valence-corrected chi connectivity index (χ4v) is 3.55. The largest absolute Gasteiger partial charge is 0.484 e. The number of ether oxygens (including phenoxy) is 1. The number of amides is 1. The van der Waals surface area contributed by atoms with E-state index in [0.29, 0.717) is 5.75 Å². The molecule has 0 saturated carbocycles. The molecule has 0 spiro atoms. The van der Waals surface area contributed by atoms with Gasteiger partial charge in [0.25, 0.3) is 5.91 Å². The Kier molecular flexibility index (Phi) is 6.78. The van der Waals surface area contributed by atoms with E-state index in [-0.39, 0.29) is 18.6 Å². The summed E-state index contributed by atoms with van der Waals surface area (Å²) >= 11 is 3.38. The Morgan fingerprint density at radius 1 is 1.15 bits per heavy atom. The van der Waals surface area contributed by atoms with Crippen molar-refractivity contribution in [3.63, 3.8) is 0 Å². The van der Waals surface area contributed by atoms with E-state index in [1.54, 1.807) is 0 Å². The molecule has 4 nitrogen and oxygen atoms in total. The van der Waals surface area contributed by atoms with Crippen LogP contribution in [0, 0.1) is 5.92 Å². The summed E-state index contributed by atoms with van der Waals surface area (Å²) in [6, 6.07) is 15.9. The molecule has 2 aromatic carbocycles. The van der Waals surface area contributed by atoms with Crippen LogP contribution in [-0.4, -0.2) is 25.6 Å². The van der Waals surface area contributed by atoms with Gasteiger partial charge in [0.05, 0.1) is 6.04 Å². The minimum Gasteiger partial charge on any atom is -0.484 e. The third-order valence-corrected chi connectivity index (χ3v) is 5.63. The van der Waals surface area contributed by atoms with Crippen molar-refractivity contribution in [3.8, 4) is 5.75 Å². The van der Waals surface area contributed by atoms with Crippen LogP contribution < -0.4 is 15.0 Å². The van der Waals surface area contributed by atoms with Crippen LogP contribution in [0.25, 0.3) is 0 Å². The molecule has 1 aliphatic rings. The number of nitrogens with zero attached hydrogens (tertiary/aromatic N) is 1. The summed E-state index contributed by atoms with van der Waals surface area (Å²) in [7, 11) is 0. The van der Waals surface area contributed by atoms with Gasteiger partial charge in [-0.3, -0.25) is 4.79 Å². The fraction of sp³-hybridized carbons (Fsp3) is 0.409. The number of hydrogen-bond acceptors (Lipinski definition) is 3. The molecule has 0 bridgehead atoms. The van der Waals surface area contributed by atoms with Crippen LogP contribution in [-0.2, 0) is 4.79 Å². The van der Waals surface area contributed by atoms with Crippen molar-refractivity contribution >= 4 is 27.5 Å². The summed E-state index contributed by atoms with van der Waals surface area (Å²) in [5, 5.41) is 3.00. The minimum atomic E-state index is -0.125. The normalized spacial score (nSPS) is 16.0. The molecule has 0 aromatic heterocycles. The number of carbonyl (C=O) groups is 1. The molecule has 1 saturated heterocycles. The lowest BCUT2D eigenvalue weighted by Gasteiger charge is -2.32. The molecular weight excluding hydrogens is 404 g/mol. The molecule has 2 aromatic rings. The first-order valence-electron chi connectivity index (χ1n) is 9.54. The van der Waals surface area contributed by atoms with E-state index in [2.05, 4.69) is 57.3 Å². The van der Waals surface area contributed by atoms with E-state index in [1.165, 1.54) is 18.5 Å². The summed E-state index contributed by atoms with van der Waals surface area (Å²) in [6.07, 6.45) is 2.51. The molecule has 144 valence electrons. The maximum absolute atomic E-state index is 12.2. The summed E-state index contributed by atoms with van der Waals surface area (Å²) in [4.78, 5) is 14.6. The highest BCUT2D eigenvalue weighted by atomic mass is 79.9. The van der Waals surface area contributed by atoms with Crippen LogP contribution in [0.5, 0.6) is 5.75 Å². The molecular formula is C22H27BrN2O2. The van der Waals surface area contributed by atoms with Gasteiger partial charge >= 0.3 is 0 Å². The topological polar surface area (TPSA) is 41.6 Å². The molecule has 1 amide bonds. The van der Waals surface area contributed by atoms with Crippen LogP contribution in [0.2, 0.25) is 0 Å². The zero-order chi connectivity index (χ0) is 19.2. The van der Waals surface area contributed by atoms with Gasteiger partial charge in [-0.05, 0) is 67.6 Å². The number of rotatable bonds is 6. The number of benzene rings is 2. The number of piperidine rings is 1. The highest BCUT2D eigenvalue weighted by Crippen LogP contribution is 2.24. The Balaban J connectivity index is 1.49. The van der Waals surface area contributed by atoms with Gasteiger partial charge in [0.2, 0.25) is 0 Å². The summed E-state index contributed by atoms with van der Waals surface area (Å²) in [5.41, 5.74) is 2.36. The molecule has 27 heavy (non-hydrogen) atoms. The Labute approximate surface area is 170 Å². The molecule has 0 unspecified atom stereocenters. The lowest BCUT2D eigenvalue weighted by Crippen LogP contribution is -2.33. The van der Waals surface area contributed by atoms with E-state index in [4.69, 9.17) is 4.74 Å². The molecule has 1 fully saturated rings. The van der Waals surface area contributed by atoms with Crippen molar-refractivity contribution < 1.29 is 9.53 Å². The monoisotopic (exact) mass is 430 g/mol. The average molecular weight is 431 g/mol. The maximum Gasteiger partial charge on any atom is 0.258 e. The smallest absolute Gasteiger partial charge is 0.258 e. The van der Waals surface area contributed by atoms with Crippen LogP contribution in [0.4, 0.5) is 5.69 Å². The second kappa shape index (κ2) is 9.27. The van der Waals surface area contributed by atoms with Gasteiger partial charge < -0.3 is 15.0 Å². The number of anilines is 1. The molecule has 1 heterocycles. The average Bonchev–Trinajstić information content (AvgIpc) is 2.68. The first-order valence-corrected chi connectivity index (χ1v) is 10.3. The van der Waals surface area contributed by atoms with Crippen LogP contribution >= 0.6 is 15.9 Å². The van der Waals surface area contributed by atoms with Crippen LogP contribution in [0.1, 0.15) is 38.3 Å². The minimum absolute atomic E-state index is 0.00994. The van der Waals surface area contributed by atoms with Gasteiger partial charge in [0, 0.05) is 23.2 Å². The van der Waals surface area contributed by atoms with Crippen LogP contribution in [0.3, 0.4) is 0 Å². The van der Waals surface area contributed by atoms with Gasteiger partial charge in [-0.2, -0.15) is 0 Å². The Bertz CT molecular complexity index is 738. The zero-order valence-electron chi connectivity index (χ0n) is 16.0. The number of nitrogens with one attached hydrogen (secondary N) is 1. The molecule has 0 aliphatic carbocycles. The Morgan fingerprint density at radius 2 is 1.78 bits per heavy atom. The third-order valence-electron chi connectivity index (χ3n) is 5.10. The standard InChI is InChI=1S/C22H27BrN2O2/c1-16-11-13-25(14-12-16)20-7-3-18(4-8-20)17(2)24-22(26)15-27-21-9-5-19(23)6-10-21/h3-10,16-17H,11-15H2,1-2H3,(H,24,26)/t17-/m1/s1. The number of halogens is 1. The molecule has 5 heteroatoms. The SMILES string of the molecule is CC1CCN(c2ccc([C@@H](C)NC(=O)COc3ccc(Br)cc3)cc2)CC1. The fourth-order valence-electron chi connectivity index (χ4n) is 3.29. The molecule has 3 rings (SSSR count). The van der Waals surface area contributed by atoms with Gasteiger partial charge in [0.15, 0.2) is 6.61 Å². The molecule has 0 radical (unpaired) electrons. The Morgan fingerprint density at radius 3 is 2.41 bits per heavy atom. The first kappa shape index (κ1) is 19.7. The van der Waals surface area contributed by atoms with Crippen molar-refractivity contribution in [1.29, 1.82) is 0 Å². The second-order valence-corrected chi connectivity index (χ2v) is 8.21. The van der Waals surface area contributed by atoms with E-state index in [1.807, 2.05) is 31.2 Å². The van der Waals surface area contributed by atoms with E-state index < -0.39 is 0 Å². The first-order chi connectivity index (χ1) is 13.0. The van der Waals surface area contributed by atoms with Crippen molar-refractivity contribution in [2.75, 3.05) is 24.6 Å². The van der Waals surface area contributed by atoms with E-state index in [9.17, 15) is 4.79 Å². The summed E-state index contributed by atoms with van der Waals surface area (Å²) < 4.78 is 6.51. The Hall–Kier alpha value is -2.01. The zero-order valence-corrected chi connectivity index (χ0v) is 17.5. The van der Waals surface area contributed by atoms with Crippen molar-refractivity contribution in [1.82, 2.24) is 5.32 Å². The van der Waals surface area contributed by atoms with Gasteiger partial charge in [-0.25, -0.2) is 0 Å².